The molecule has 0 aliphatic carbocycles. The van der Waals surface area contributed by atoms with E-state index in [0.717, 1.165) is 16.9 Å². The molecule has 2 N–H and O–H groups in total. The van der Waals surface area contributed by atoms with Crippen molar-refractivity contribution < 1.29 is 19.1 Å². The van der Waals surface area contributed by atoms with E-state index < -0.39 is 6.10 Å². The standard InChI is InChI=1S/C21H22N4O4/c1-13(26)23-14-7-8-16-15(11-14)24-20(25(16)2)9-10-22-21(27)19-12-28-17-5-3-4-6-18(17)29-19/h3-8,11,19H,9-10,12H2,1-2H3,(H,22,27)(H,23,26)/t19-/m1/s1. The Morgan fingerprint density at radius 2 is 2.00 bits per heavy atom. The Bertz CT molecular complexity index is 1080. The van der Waals surface area contributed by atoms with Crippen LogP contribution in [0.25, 0.3) is 11.0 Å². The van der Waals surface area contributed by atoms with Crippen LogP contribution in [0.5, 0.6) is 11.5 Å². The van der Waals surface area contributed by atoms with Gasteiger partial charge in [0.1, 0.15) is 12.4 Å². The van der Waals surface area contributed by atoms with Crippen molar-refractivity contribution in [2.24, 2.45) is 7.05 Å². The Labute approximate surface area is 167 Å². The van der Waals surface area contributed by atoms with Gasteiger partial charge in [-0.25, -0.2) is 4.98 Å². The molecule has 0 radical (unpaired) electrons. The molecule has 2 amide bonds. The van der Waals surface area contributed by atoms with Crippen LogP contribution in [-0.4, -0.2) is 40.6 Å². The number of rotatable bonds is 5. The van der Waals surface area contributed by atoms with Crippen LogP contribution in [0.1, 0.15) is 12.7 Å². The summed E-state index contributed by atoms with van der Waals surface area (Å²) >= 11 is 0. The molecule has 0 unspecified atom stereocenters. The topological polar surface area (TPSA) is 94.5 Å². The van der Waals surface area contributed by atoms with Gasteiger partial charge in [0.15, 0.2) is 11.5 Å². The SMILES string of the molecule is CC(=O)Nc1ccc2c(c1)nc(CCNC(=O)[C@H]1COc3ccccc3O1)n2C. The average Bonchev–Trinajstić information content (AvgIpc) is 3.02. The van der Waals surface area contributed by atoms with E-state index in [1.165, 1.54) is 6.92 Å². The summed E-state index contributed by atoms with van der Waals surface area (Å²) < 4.78 is 13.3. The maximum absolute atomic E-state index is 12.4. The maximum Gasteiger partial charge on any atom is 0.264 e. The lowest BCUT2D eigenvalue weighted by Crippen LogP contribution is -2.44. The Kier molecular flexibility index (Phi) is 5.07. The van der Waals surface area contributed by atoms with Crippen LogP contribution in [0.15, 0.2) is 42.5 Å². The molecular weight excluding hydrogens is 372 g/mol. The predicted molar refractivity (Wildman–Crippen MR) is 108 cm³/mol. The third-order valence-electron chi connectivity index (χ3n) is 4.74. The third kappa shape index (κ3) is 4.01. The number of fused-ring (bicyclic) bond motifs is 2. The zero-order valence-electron chi connectivity index (χ0n) is 16.3. The van der Waals surface area contributed by atoms with Gasteiger partial charge in [0, 0.05) is 32.6 Å². The minimum absolute atomic E-state index is 0.125. The predicted octanol–water partition coefficient (Wildman–Crippen LogP) is 2.03. The number of hydrogen-bond donors (Lipinski definition) is 2. The number of para-hydroxylation sites is 2. The first kappa shape index (κ1) is 18.8. The largest absolute Gasteiger partial charge is 0.485 e. The van der Waals surface area contributed by atoms with Gasteiger partial charge in [0.05, 0.1) is 11.0 Å². The van der Waals surface area contributed by atoms with E-state index in [1.807, 2.05) is 48.0 Å². The summed E-state index contributed by atoms with van der Waals surface area (Å²) in [5.74, 6) is 1.72. The number of hydrogen-bond acceptors (Lipinski definition) is 5. The second kappa shape index (κ2) is 7.83. The van der Waals surface area contributed by atoms with Crippen molar-refractivity contribution in [3.63, 3.8) is 0 Å². The molecule has 0 fully saturated rings. The first-order chi connectivity index (χ1) is 14.0. The highest BCUT2D eigenvalue weighted by Crippen LogP contribution is 2.30. The molecule has 29 heavy (non-hydrogen) atoms. The van der Waals surface area contributed by atoms with Crippen molar-refractivity contribution in [1.29, 1.82) is 0 Å². The minimum Gasteiger partial charge on any atom is -0.485 e. The maximum atomic E-state index is 12.4. The summed E-state index contributed by atoms with van der Waals surface area (Å²) in [6.45, 7) is 2.08. The average molecular weight is 394 g/mol. The van der Waals surface area contributed by atoms with Crippen LogP contribution in [0, 0.1) is 0 Å². The molecule has 0 spiro atoms. The van der Waals surface area contributed by atoms with Crippen molar-refractivity contribution in [2.75, 3.05) is 18.5 Å². The molecule has 3 aromatic rings. The third-order valence-corrected chi connectivity index (χ3v) is 4.74. The van der Waals surface area contributed by atoms with Gasteiger partial charge in [-0.15, -0.1) is 0 Å². The van der Waals surface area contributed by atoms with Crippen molar-refractivity contribution in [3.8, 4) is 11.5 Å². The van der Waals surface area contributed by atoms with Gasteiger partial charge in [0.25, 0.3) is 5.91 Å². The molecule has 4 rings (SSSR count). The fraction of sp³-hybridized carbons (Fsp3) is 0.286. The zero-order valence-corrected chi connectivity index (χ0v) is 16.3. The normalized spacial score (nSPS) is 15.2. The van der Waals surface area contributed by atoms with E-state index in [4.69, 9.17) is 9.47 Å². The lowest BCUT2D eigenvalue weighted by Gasteiger charge is -2.25. The van der Waals surface area contributed by atoms with E-state index in [9.17, 15) is 9.59 Å². The Balaban J connectivity index is 1.37. The Hall–Kier alpha value is -3.55. The molecule has 0 saturated carbocycles. The van der Waals surface area contributed by atoms with Crippen LogP contribution in [0.4, 0.5) is 5.69 Å². The van der Waals surface area contributed by atoms with E-state index >= 15 is 0 Å². The van der Waals surface area contributed by atoms with Crippen molar-refractivity contribution in [2.45, 2.75) is 19.4 Å². The first-order valence-corrected chi connectivity index (χ1v) is 9.40. The molecule has 0 bridgehead atoms. The van der Waals surface area contributed by atoms with Crippen LogP contribution in [0.3, 0.4) is 0 Å². The summed E-state index contributed by atoms with van der Waals surface area (Å²) in [7, 11) is 1.93. The molecule has 2 heterocycles. The van der Waals surface area contributed by atoms with Gasteiger partial charge in [-0.3, -0.25) is 9.59 Å². The molecule has 1 aromatic heterocycles. The van der Waals surface area contributed by atoms with E-state index in [1.54, 1.807) is 6.07 Å². The van der Waals surface area contributed by atoms with Crippen LogP contribution in [-0.2, 0) is 23.1 Å². The second-order valence-electron chi connectivity index (χ2n) is 6.88. The molecule has 0 saturated heterocycles. The number of carbonyl (C=O) groups excluding carboxylic acids is 2. The van der Waals surface area contributed by atoms with Crippen LogP contribution < -0.4 is 20.1 Å². The van der Waals surface area contributed by atoms with Crippen LogP contribution >= 0.6 is 0 Å². The number of nitrogens with zero attached hydrogens (tertiary/aromatic N) is 2. The summed E-state index contributed by atoms with van der Waals surface area (Å²) in [5, 5.41) is 5.64. The molecule has 150 valence electrons. The number of aromatic nitrogens is 2. The van der Waals surface area contributed by atoms with E-state index in [2.05, 4.69) is 15.6 Å². The van der Waals surface area contributed by atoms with Crippen molar-refractivity contribution >= 4 is 28.5 Å². The van der Waals surface area contributed by atoms with Crippen LogP contribution in [0.2, 0.25) is 0 Å². The zero-order chi connectivity index (χ0) is 20.4. The lowest BCUT2D eigenvalue weighted by atomic mass is 10.2. The molecule has 1 atom stereocenters. The van der Waals surface area contributed by atoms with Gasteiger partial charge in [-0.2, -0.15) is 0 Å². The highest BCUT2D eigenvalue weighted by Gasteiger charge is 2.27. The number of anilines is 1. The fourth-order valence-electron chi connectivity index (χ4n) is 3.31. The summed E-state index contributed by atoms with van der Waals surface area (Å²) in [5.41, 5.74) is 2.46. The monoisotopic (exact) mass is 394 g/mol. The Morgan fingerprint density at radius 1 is 1.21 bits per heavy atom. The van der Waals surface area contributed by atoms with Gasteiger partial charge in [-0.05, 0) is 30.3 Å². The highest BCUT2D eigenvalue weighted by atomic mass is 16.6. The number of ether oxygens (including phenoxy) is 2. The van der Waals surface area contributed by atoms with Crippen molar-refractivity contribution in [3.05, 3.63) is 48.3 Å². The van der Waals surface area contributed by atoms with E-state index in [0.29, 0.717) is 30.2 Å². The fourth-order valence-corrected chi connectivity index (χ4v) is 3.31. The molecule has 8 heteroatoms. The highest BCUT2D eigenvalue weighted by molar-refractivity contribution is 5.91. The Morgan fingerprint density at radius 3 is 2.79 bits per heavy atom. The molecule has 1 aliphatic heterocycles. The molecule has 2 aromatic carbocycles. The summed E-state index contributed by atoms with van der Waals surface area (Å²) in [6, 6.07) is 12.9. The number of benzene rings is 2. The lowest BCUT2D eigenvalue weighted by molar-refractivity contribution is -0.130. The summed E-state index contributed by atoms with van der Waals surface area (Å²) in [4.78, 5) is 28.3. The molecular formula is C21H22N4O4. The smallest absolute Gasteiger partial charge is 0.264 e. The number of imidazole rings is 1. The number of nitrogens with one attached hydrogen (secondary N) is 2. The van der Waals surface area contributed by atoms with Gasteiger partial charge < -0.3 is 24.7 Å². The first-order valence-electron chi connectivity index (χ1n) is 9.40. The number of amides is 2. The quantitative estimate of drug-likeness (QED) is 0.691. The number of aryl methyl sites for hydroxylation is 1. The van der Waals surface area contributed by atoms with Crippen molar-refractivity contribution in [1.82, 2.24) is 14.9 Å². The van der Waals surface area contributed by atoms with Gasteiger partial charge >= 0.3 is 0 Å². The minimum atomic E-state index is -0.675. The van der Waals surface area contributed by atoms with Gasteiger partial charge in [-0.1, -0.05) is 12.1 Å². The molecule has 1 aliphatic rings. The number of carbonyl (C=O) groups is 2. The van der Waals surface area contributed by atoms with E-state index in [-0.39, 0.29) is 18.4 Å². The molecule has 8 nitrogen and oxygen atoms in total. The summed E-state index contributed by atoms with van der Waals surface area (Å²) in [6.07, 6.45) is -0.109. The van der Waals surface area contributed by atoms with Gasteiger partial charge in [0.2, 0.25) is 12.0 Å². The second-order valence-corrected chi connectivity index (χ2v) is 6.88.